The number of nitrogens with zero attached hydrogens (tertiary/aromatic N) is 3. The molecule has 102 valence electrons. The third-order valence-electron chi connectivity index (χ3n) is 2.82. The van der Waals surface area contributed by atoms with E-state index >= 15 is 0 Å². The molecule has 1 aromatic heterocycles. The minimum Gasteiger partial charge on any atom is -0.439 e. The SMILES string of the molecule is CCc1c(NN)ncnc1Oc1ccc(CC#N)cc1. The molecule has 0 fully saturated rings. The summed E-state index contributed by atoms with van der Waals surface area (Å²) >= 11 is 0. The predicted molar refractivity (Wildman–Crippen MR) is 75.1 cm³/mol. The van der Waals surface area contributed by atoms with Gasteiger partial charge in [-0.15, -0.1) is 0 Å². The van der Waals surface area contributed by atoms with E-state index in [2.05, 4.69) is 21.5 Å². The van der Waals surface area contributed by atoms with E-state index in [4.69, 9.17) is 15.8 Å². The highest BCUT2D eigenvalue weighted by atomic mass is 16.5. The smallest absolute Gasteiger partial charge is 0.227 e. The Morgan fingerprint density at radius 3 is 2.65 bits per heavy atom. The van der Waals surface area contributed by atoms with Crippen LogP contribution >= 0.6 is 0 Å². The molecule has 0 atom stereocenters. The summed E-state index contributed by atoms with van der Waals surface area (Å²) in [5.74, 6) is 7.10. The van der Waals surface area contributed by atoms with Gasteiger partial charge in [0, 0.05) is 0 Å². The van der Waals surface area contributed by atoms with Gasteiger partial charge in [-0.2, -0.15) is 5.26 Å². The van der Waals surface area contributed by atoms with E-state index in [-0.39, 0.29) is 0 Å². The van der Waals surface area contributed by atoms with Gasteiger partial charge in [0.2, 0.25) is 5.88 Å². The molecular formula is C14H15N5O. The summed E-state index contributed by atoms with van der Waals surface area (Å²) in [4.78, 5) is 8.18. The molecule has 1 heterocycles. The number of hydrogen-bond acceptors (Lipinski definition) is 6. The molecule has 0 saturated carbocycles. The van der Waals surface area contributed by atoms with Gasteiger partial charge in [-0.1, -0.05) is 19.1 Å². The van der Waals surface area contributed by atoms with Crippen LogP contribution in [0, 0.1) is 11.3 Å². The van der Waals surface area contributed by atoms with Gasteiger partial charge in [0.25, 0.3) is 0 Å². The van der Waals surface area contributed by atoms with Crippen molar-refractivity contribution in [2.24, 2.45) is 5.84 Å². The lowest BCUT2D eigenvalue weighted by Gasteiger charge is -2.11. The zero-order chi connectivity index (χ0) is 14.4. The fourth-order valence-electron chi connectivity index (χ4n) is 1.81. The van der Waals surface area contributed by atoms with Crippen molar-refractivity contribution in [3.63, 3.8) is 0 Å². The Morgan fingerprint density at radius 2 is 2.05 bits per heavy atom. The number of nitrogens with one attached hydrogen (secondary N) is 1. The summed E-state index contributed by atoms with van der Waals surface area (Å²) < 4.78 is 5.75. The van der Waals surface area contributed by atoms with Crippen LogP contribution in [0.25, 0.3) is 0 Å². The van der Waals surface area contributed by atoms with Gasteiger partial charge in [-0.25, -0.2) is 15.8 Å². The highest BCUT2D eigenvalue weighted by molar-refractivity contribution is 5.48. The molecule has 2 aromatic rings. The summed E-state index contributed by atoms with van der Waals surface area (Å²) in [5, 5.41) is 8.63. The number of benzene rings is 1. The van der Waals surface area contributed by atoms with Gasteiger partial charge in [0.15, 0.2) is 0 Å². The normalized spacial score (nSPS) is 9.85. The van der Waals surface area contributed by atoms with Crippen molar-refractivity contribution in [3.05, 3.63) is 41.7 Å². The van der Waals surface area contributed by atoms with Gasteiger partial charge >= 0.3 is 0 Å². The third kappa shape index (κ3) is 3.02. The number of aromatic nitrogens is 2. The number of nitrogens with two attached hydrogens (primary N) is 1. The fraction of sp³-hybridized carbons (Fsp3) is 0.214. The van der Waals surface area contributed by atoms with Gasteiger partial charge < -0.3 is 10.2 Å². The molecule has 6 heteroatoms. The number of hydrazine groups is 1. The molecular weight excluding hydrogens is 254 g/mol. The second kappa shape index (κ2) is 6.50. The van der Waals surface area contributed by atoms with Crippen LogP contribution in [-0.4, -0.2) is 9.97 Å². The summed E-state index contributed by atoms with van der Waals surface area (Å²) in [6, 6.07) is 9.43. The fourth-order valence-corrected chi connectivity index (χ4v) is 1.81. The lowest BCUT2D eigenvalue weighted by atomic mass is 10.1. The number of anilines is 1. The summed E-state index contributed by atoms with van der Waals surface area (Å²) in [5.41, 5.74) is 4.29. The number of nitriles is 1. The predicted octanol–water partition coefficient (Wildman–Crippen LogP) is 2.18. The second-order valence-electron chi connectivity index (χ2n) is 4.08. The Kier molecular flexibility index (Phi) is 4.47. The zero-order valence-corrected chi connectivity index (χ0v) is 11.1. The summed E-state index contributed by atoms with van der Waals surface area (Å²) in [6.07, 6.45) is 2.48. The zero-order valence-electron chi connectivity index (χ0n) is 11.1. The molecule has 1 aromatic carbocycles. The Morgan fingerprint density at radius 1 is 1.30 bits per heavy atom. The second-order valence-corrected chi connectivity index (χ2v) is 4.08. The number of nitrogen functional groups attached to an aromatic ring is 1. The first kappa shape index (κ1) is 13.8. The van der Waals surface area contributed by atoms with Gasteiger partial charge in [0.1, 0.15) is 17.9 Å². The first-order valence-corrected chi connectivity index (χ1v) is 6.22. The molecule has 0 bridgehead atoms. The average Bonchev–Trinajstić information content (AvgIpc) is 2.49. The summed E-state index contributed by atoms with van der Waals surface area (Å²) in [6.45, 7) is 1.97. The van der Waals surface area contributed by atoms with Crippen molar-refractivity contribution < 1.29 is 4.74 Å². The average molecular weight is 269 g/mol. The van der Waals surface area contributed by atoms with Crippen molar-refractivity contribution in [2.75, 3.05) is 5.43 Å². The maximum Gasteiger partial charge on any atom is 0.227 e. The molecule has 0 amide bonds. The van der Waals surface area contributed by atoms with Crippen LogP contribution in [0.15, 0.2) is 30.6 Å². The van der Waals surface area contributed by atoms with Gasteiger partial charge in [-0.05, 0) is 24.1 Å². The number of rotatable bonds is 5. The van der Waals surface area contributed by atoms with Crippen LogP contribution in [0.1, 0.15) is 18.1 Å². The van der Waals surface area contributed by atoms with Crippen molar-refractivity contribution in [3.8, 4) is 17.7 Å². The topological polar surface area (TPSA) is 96.8 Å². The molecule has 20 heavy (non-hydrogen) atoms. The highest BCUT2D eigenvalue weighted by Crippen LogP contribution is 2.27. The van der Waals surface area contributed by atoms with Gasteiger partial charge in [-0.3, -0.25) is 0 Å². The van der Waals surface area contributed by atoms with E-state index in [9.17, 15) is 0 Å². The molecule has 0 spiro atoms. The number of ether oxygens (including phenoxy) is 1. The van der Waals surface area contributed by atoms with Crippen LogP contribution in [0.5, 0.6) is 11.6 Å². The Balaban J connectivity index is 2.23. The lowest BCUT2D eigenvalue weighted by Crippen LogP contribution is -2.12. The standard InChI is InChI=1S/C14H15N5O/c1-2-12-13(19-16)17-9-18-14(12)20-11-5-3-10(4-6-11)7-8-15/h3-6,9H,2,7,16H2,1H3,(H,17,18,19). The quantitative estimate of drug-likeness (QED) is 0.638. The first-order valence-electron chi connectivity index (χ1n) is 6.22. The van der Waals surface area contributed by atoms with Crippen molar-refractivity contribution in [2.45, 2.75) is 19.8 Å². The minimum absolute atomic E-state index is 0.384. The molecule has 0 aliphatic rings. The maximum atomic E-state index is 8.63. The molecule has 3 N–H and O–H groups in total. The molecule has 0 unspecified atom stereocenters. The first-order chi connectivity index (χ1) is 9.78. The highest BCUT2D eigenvalue weighted by Gasteiger charge is 2.11. The van der Waals surface area contributed by atoms with Crippen molar-refractivity contribution in [1.29, 1.82) is 5.26 Å². The molecule has 0 aliphatic carbocycles. The van der Waals surface area contributed by atoms with Gasteiger partial charge in [0.05, 0.1) is 18.1 Å². The van der Waals surface area contributed by atoms with E-state index in [1.165, 1.54) is 6.33 Å². The van der Waals surface area contributed by atoms with Crippen molar-refractivity contribution in [1.82, 2.24) is 9.97 Å². The minimum atomic E-state index is 0.384. The van der Waals surface area contributed by atoms with Crippen LogP contribution in [0.3, 0.4) is 0 Å². The molecule has 0 radical (unpaired) electrons. The van der Waals surface area contributed by atoms with Crippen molar-refractivity contribution >= 4 is 5.82 Å². The maximum absolute atomic E-state index is 8.63. The van der Waals surface area contributed by atoms with Crippen LogP contribution in [0.2, 0.25) is 0 Å². The van der Waals surface area contributed by atoms with E-state index in [1.807, 2.05) is 31.2 Å². The molecule has 6 nitrogen and oxygen atoms in total. The molecule has 0 aliphatic heterocycles. The van der Waals surface area contributed by atoms with E-state index in [0.29, 0.717) is 30.3 Å². The largest absolute Gasteiger partial charge is 0.439 e. The Labute approximate surface area is 117 Å². The van der Waals surface area contributed by atoms with E-state index in [1.54, 1.807) is 0 Å². The lowest BCUT2D eigenvalue weighted by molar-refractivity contribution is 0.455. The Bertz CT molecular complexity index is 618. The Hall–Kier alpha value is -2.65. The molecule has 2 rings (SSSR count). The number of hydrogen-bond donors (Lipinski definition) is 2. The van der Waals surface area contributed by atoms with E-state index in [0.717, 1.165) is 11.1 Å². The summed E-state index contributed by atoms with van der Waals surface area (Å²) in [7, 11) is 0. The third-order valence-corrected chi connectivity index (χ3v) is 2.82. The van der Waals surface area contributed by atoms with Crippen LogP contribution in [0.4, 0.5) is 5.82 Å². The molecule has 0 saturated heterocycles. The van der Waals surface area contributed by atoms with Crippen LogP contribution < -0.4 is 16.0 Å². The van der Waals surface area contributed by atoms with Crippen LogP contribution in [-0.2, 0) is 12.8 Å². The van der Waals surface area contributed by atoms with E-state index < -0.39 is 0 Å². The monoisotopic (exact) mass is 269 g/mol.